The van der Waals surface area contributed by atoms with E-state index >= 15 is 0 Å². The van der Waals surface area contributed by atoms with Crippen molar-refractivity contribution in [2.45, 2.75) is 0 Å². The summed E-state index contributed by atoms with van der Waals surface area (Å²) < 4.78 is 9.81. The van der Waals surface area contributed by atoms with E-state index in [1.807, 2.05) is 0 Å². The summed E-state index contributed by atoms with van der Waals surface area (Å²) in [5, 5.41) is 1.72. The lowest BCUT2D eigenvalue weighted by Gasteiger charge is -1.93. The molecule has 2 heterocycles. The van der Waals surface area contributed by atoms with Crippen LogP contribution in [0.15, 0.2) is 34.2 Å². The van der Waals surface area contributed by atoms with E-state index in [4.69, 9.17) is 9.15 Å². The Bertz CT molecular complexity index is 395. The number of thioether (sulfide) groups is 1. The van der Waals surface area contributed by atoms with Gasteiger partial charge in [-0.15, -0.1) is 0 Å². The number of carbonyl (C=O) groups excluding carboxylic acids is 2. The molecule has 72 valence electrons. The van der Waals surface area contributed by atoms with Crippen LogP contribution in [0, 0.1) is 0 Å². The highest BCUT2D eigenvalue weighted by Crippen LogP contribution is 2.23. The fourth-order valence-corrected chi connectivity index (χ4v) is 1.43. The molecule has 0 aliphatic carbocycles. The van der Waals surface area contributed by atoms with Crippen LogP contribution >= 0.6 is 11.8 Å². The minimum absolute atomic E-state index is 0.233. The van der Waals surface area contributed by atoms with Gasteiger partial charge in [0.25, 0.3) is 11.1 Å². The quantitative estimate of drug-likeness (QED) is 0.592. The summed E-state index contributed by atoms with van der Waals surface area (Å²) in [7, 11) is 0. The first-order valence-corrected chi connectivity index (χ1v) is 4.49. The molecule has 14 heavy (non-hydrogen) atoms. The first-order chi connectivity index (χ1) is 6.75. The molecule has 0 radical (unpaired) electrons. The molecule has 0 unspecified atom stereocenters. The molecule has 1 aliphatic rings. The second-order valence-electron chi connectivity index (χ2n) is 2.40. The fraction of sp³-hybridized carbons (Fsp3) is 0. The van der Waals surface area contributed by atoms with Crippen LogP contribution in [0.25, 0.3) is 0 Å². The molecule has 0 spiro atoms. The van der Waals surface area contributed by atoms with Crippen LogP contribution < -0.4 is 10.1 Å². The molecule has 0 bridgehead atoms. The van der Waals surface area contributed by atoms with Crippen LogP contribution in [0.1, 0.15) is 0 Å². The van der Waals surface area contributed by atoms with Crippen molar-refractivity contribution in [1.29, 1.82) is 0 Å². The maximum absolute atomic E-state index is 11.0. The maximum Gasteiger partial charge on any atom is 0.291 e. The lowest BCUT2D eigenvalue weighted by molar-refractivity contribution is -0.115. The molecule has 0 atom stereocenters. The fourth-order valence-electron chi connectivity index (χ4n) is 0.844. The maximum atomic E-state index is 11.0. The van der Waals surface area contributed by atoms with Crippen LogP contribution in [0.4, 0.5) is 4.79 Å². The highest BCUT2D eigenvalue weighted by atomic mass is 32.2. The molecule has 1 aromatic heterocycles. The Balaban J connectivity index is 2.05. The molecule has 1 saturated heterocycles. The van der Waals surface area contributed by atoms with E-state index in [0.29, 0.717) is 5.75 Å². The van der Waals surface area contributed by atoms with E-state index < -0.39 is 11.1 Å². The van der Waals surface area contributed by atoms with E-state index in [2.05, 4.69) is 5.32 Å². The third kappa shape index (κ3) is 1.80. The van der Waals surface area contributed by atoms with Gasteiger partial charge in [0.1, 0.15) is 17.4 Å². The van der Waals surface area contributed by atoms with Crippen LogP contribution in [0.2, 0.25) is 0 Å². The van der Waals surface area contributed by atoms with Gasteiger partial charge in [0.15, 0.2) is 5.75 Å². The number of imide groups is 1. The Labute approximate surface area is 83.1 Å². The van der Waals surface area contributed by atoms with Gasteiger partial charge in [-0.3, -0.25) is 14.9 Å². The summed E-state index contributed by atoms with van der Waals surface area (Å²) in [6.45, 7) is 0. The normalized spacial score (nSPS) is 18.7. The third-order valence-electron chi connectivity index (χ3n) is 1.44. The van der Waals surface area contributed by atoms with Crippen molar-refractivity contribution in [3.05, 3.63) is 29.8 Å². The van der Waals surface area contributed by atoms with Crippen LogP contribution in [0.5, 0.6) is 5.75 Å². The minimum Gasteiger partial charge on any atom is -0.469 e. The molecule has 1 aliphatic heterocycles. The zero-order valence-electron chi connectivity index (χ0n) is 6.85. The number of hydrogen-bond donors (Lipinski definition) is 1. The summed E-state index contributed by atoms with van der Waals surface area (Å²) in [5.41, 5.74) is 0. The lowest BCUT2D eigenvalue weighted by atomic mass is 10.5. The van der Waals surface area contributed by atoms with Gasteiger partial charge in [0.05, 0.1) is 6.26 Å². The molecule has 1 aromatic rings. The average molecular weight is 211 g/mol. The van der Waals surface area contributed by atoms with Gasteiger partial charge < -0.3 is 9.15 Å². The number of nitrogens with one attached hydrogen (secondary N) is 1. The van der Waals surface area contributed by atoms with Gasteiger partial charge in [-0.1, -0.05) is 0 Å². The van der Waals surface area contributed by atoms with Crippen molar-refractivity contribution in [3.63, 3.8) is 0 Å². The molecule has 0 aromatic carbocycles. The minimum atomic E-state index is -0.441. The van der Waals surface area contributed by atoms with Crippen LogP contribution in [0.3, 0.4) is 0 Å². The Morgan fingerprint density at radius 1 is 1.50 bits per heavy atom. The van der Waals surface area contributed by atoms with Gasteiger partial charge in [0, 0.05) is 6.07 Å². The predicted octanol–water partition coefficient (Wildman–Crippen LogP) is 1.48. The number of furan rings is 1. The van der Waals surface area contributed by atoms with Crippen molar-refractivity contribution in [2.75, 3.05) is 0 Å². The average Bonchev–Trinajstić information content (AvgIpc) is 2.72. The van der Waals surface area contributed by atoms with Gasteiger partial charge in [-0.2, -0.15) is 0 Å². The molecular weight excluding hydrogens is 206 g/mol. The van der Waals surface area contributed by atoms with Crippen molar-refractivity contribution >= 4 is 22.9 Å². The summed E-state index contributed by atoms with van der Waals surface area (Å²) in [5.74, 6) is 0.0359. The molecule has 0 saturated carbocycles. The Morgan fingerprint density at radius 3 is 2.93 bits per heavy atom. The van der Waals surface area contributed by atoms with E-state index in [-0.39, 0.29) is 4.91 Å². The largest absolute Gasteiger partial charge is 0.469 e. The van der Waals surface area contributed by atoms with E-state index in [1.54, 1.807) is 6.07 Å². The Kier molecular flexibility index (Phi) is 2.28. The van der Waals surface area contributed by atoms with Gasteiger partial charge >= 0.3 is 0 Å². The predicted molar refractivity (Wildman–Crippen MR) is 48.5 cm³/mol. The highest BCUT2D eigenvalue weighted by molar-refractivity contribution is 8.18. The van der Waals surface area contributed by atoms with Gasteiger partial charge in [-0.25, -0.2) is 0 Å². The number of amides is 2. The molecule has 5 nitrogen and oxygen atoms in total. The second kappa shape index (κ2) is 3.59. The summed E-state index contributed by atoms with van der Waals surface area (Å²) in [4.78, 5) is 22.0. The Morgan fingerprint density at radius 2 is 2.36 bits per heavy atom. The topological polar surface area (TPSA) is 68.5 Å². The van der Waals surface area contributed by atoms with E-state index in [0.717, 1.165) is 11.8 Å². The molecular formula is C8H5NO4S. The van der Waals surface area contributed by atoms with Crippen molar-refractivity contribution < 1.29 is 18.7 Å². The molecule has 1 N–H and O–H groups in total. The van der Waals surface area contributed by atoms with Crippen LogP contribution in [-0.4, -0.2) is 11.1 Å². The number of hydrogen-bond acceptors (Lipinski definition) is 5. The molecule has 2 amide bonds. The van der Waals surface area contributed by atoms with E-state index in [9.17, 15) is 9.59 Å². The summed E-state index contributed by atoms with van der Waals surface area (Å²) in [6.07, 6.45) is 4.05. The zero-order chi connectivity index (χ0) is 9.97. The van der Waals surface area contributed by atoms with Gasteiger partial charge in [-0.05, 0) is 11.8 Å². The highest BCUT2D eigenvalue weighted by Gasteiger charge is 2.25. The summed E-state index contributed by atoms with van der Waals surface area (Å²) >= 11 is 0.801. The van der Waals surface area contributed by atoms with Gasteiger partial charge in [0.2, 0.25) is 0 Å². The van der Waals surface area contributed by atoms with Crippen LogP contribution in [-0.2, 0) is 4.79 Å². The third-order valence-corrected chi connectivity index (χ3v) is 2.23. The first-order valence-electron chi connectivity index (χ1n) is 3.68. The first kappa shape index (κ1) is 8.89. The molecule has 6 heteroatoms. The van der Waals surface area contributed by atoms with Crippen molar-refractivity contribution in [2.24, 2.45) is 0 Å². The lowest BCUT2D eigenvalue weighted by Crippen LogP contribution is -2.18. The monoisotopic (exact) mass is 211 g/mol. The number of carbonyl (C=O) groups is 2. The SMILES string of the molecule is O=C1NC(=O)C(=COc2ccoc2)S1. The molecule has 1 fully saturated rings. The molecule has 2 rings (SSSR count). The van der Waals surface area contributed by atoms with Crippen molar-refractivity contribution in [3.8, 4) is 5.75 Å². The smallest absolute Gasteiger partial charge is 0.291 e. The zero-order valence-corrected chi connectivity index (χ0v) is 7.67. The number of rotatable bonds is 2. The van der Waals surface area contributed by atoms with E-state index in [1.165, 1.54) is 18.8 Å². The standard InChI is InChI=1S/C8H5NO4S/c10-7-6(14-8(11)9-7)4-13-5-1-2-12-3-5/h1-4H,(H,9,10,11). The second-order valence-corrected chi connectivity index (χ2v) is 3.42. The Hall–Kier alpha value is -1.69. The summed E-state index contributed by atoms with van der Waals surface area (Å²) in [6, 6.07) is 1.59. The van der Waals surface area contributed by atoms with Crippen molar-refractivity contribution in [1.82, 2.24) is 5.32 Å². The number of ether oxygens (including phenoxy) is 1.